The fourth-order valence-electron chi connectivity index (χ4n) is 3.28. The van der Waals surface area contributed by atoms with Crippen molar-refractivity contribution in [1.82, 2.24) is 10.2 Å². The number of nitro benzene ring substituents is 1. The van der Waals surface area contributed by atoms with Crippen LogP contribution in [-0.4, -0.2) is 54.9 Å². The van der Waals surface area contributed by atoms with E-state index < -0.39 is 39.3 Å². The van der Waals surface area contributed by atoms with Crippen molar-refractivity contribution in [2.75, 3.05) is 17.1 Å². The molecule has 36 heavy (non-hydrogen) atoms. The van der Waals surface area contributed by atoms with E-state index in [1.807, 2.05) is 13.8 Å². The molecular formula is C23H28Cl2N4O6S. The van der Waals surface area contributed by atoms with Gasteiger partial charge >= 0.3 is 0 Å². The van der Waals surface area contributed by atoms with Crippen molar-refractivity contribution < 1.29 is 22.9 Å². The Balaban J connectivity index is 2.48. The number of non-ortho nitro benzene ring substituents is 1. The second kappa shape index (κ2) is 12.4. The van der Waals surface area contributed by atoms with Crippen LogP contribution in [0.1, 0.15) is 32.8 Å². The molecule has 2 atom stereocenters. The van der Waals surface area contributed by atoms with E-state index in [2.05, 4.69) is 5.32 Å². The maximum absolute atomic E-state index is 13.5. The number of carbonyl (C=O) groups excluding carboxylic acids is 2. The molecule has 2 rings (SSSR count). The Hall–Kier alpha value is -2.89. The van der Waals surface area contributed by atoms with Gasteiger partial charge in [0.05, 0.1) is 16.9 Å². The third-order valence-electron chi connectivity index (χ3n) is 5.57. The summed E-state index contributed by atoms with van der Waals surface area (Å²) in [6.45, 7) is 4.35. The molecule has 0 heterocycles. The number of benzene rings is 2. The minimum atomic E-state index is -4.04. The van der Waals surface area contributed by atoms with Crippen LogP contribution in [0.2, 0.25) is 10.0 Å². The number of carbonyl (C=O) groups is 2. The van der Waals surface area contributed by atoms with Gasteiger partial charge in [-0.15, -0.1) is 0 Å². The van der Waals surface area contributed by atoms with Gasteiger partial charge in [-0.05, 0) is 38.5 Å². The first-order valence-electron chi connectivity index (χ1n) is 11.0. The highest BCUT2D eigenvalue weighted by Crippen LogP contribution is 2.28. The Morgan fingerprint density at radius 2 is 1.69 bits per heavy atom. The molecule has 0 aromatic heterocycles. The Morgan fingerprint density at radius 1 is 1.11 bits per heavy atom. The summed E-state index contributed by atoms with van der Waals surface area (Å²) in [5, 5.41) is 14.5. The van der Waals surface area contributed by atoms with Crippen molar-refractivity contribution in [3.63, 3.8) is 0 Å². The van der Waals surface area contributed by atoms with E-state index in [0.29, 0.717) is 12.0 Å². The summed E-state index contributed by atoms with van der Waals surface area (Å²) >= 11 is 12.6. The van der Waals surface area contributed by atoms with Crippen molar-refractivity contribution in [2.45, 2.75) is 45.8 Å². The molecule has 2 aromatic rings. The van der Waals surface area contributed by atoms with Gasteiger partial charge in [0.25, 0.3) is 5.69 Å². The molecule has 0 fully saturated rings. The molecule has 2 aromatic carbocycles. The van der Waals surface area contributed by atoms with Crippen LogP contribution in [0.3, 0.4) is 0 Å². The van der Waals surface area contributed by atoms with E-state index >= 15 is 0 Å². The van der Waals surface area contributed by atoms with Crippen molar-refractivity contribution in [2.24, 2.45) is 0 Å². The van der Waals surface area contributed by atoms with Crippen LogP contribution in [-0.2, 0) is 26.2 Å². The average Bonchev–Trinajstić information content (AvgIpc) is 2.81. The Labute approximate surface area is 220 Å². The Bertz CT molecular complexity index is 1220. The molecule has 0 saturated heterocycles. The van der Waals surface area contributed by atoms with Crippen molar-refractivity contribution >= 4 is 56.4 Å². The van der Waals surface area contributed by atoms with E-state index in [4.69, 9.17) is 23.2 Å². The topological polar surface area (TPSA) is 130 Å². The lowest BCUT2D eigenvalue weighted by molar-refractivity contribution is -0.384. The zero-order chi connectivity index (χ0) is 27.2. The lowest BCUT2D eigenvalue weighted by Crippen LogP contribution is -2.52. The molecule has 0 unspecified atom stereocenters. The van der Waals surface area contributed by atoms with Crippen molar-refractivity contribution in [1.29, 1.82) is 0 Å². The number of hydrogen-bond acceptors (Lipinski definition) is 6. The van der Waals surface area contributed by atoms with Gasteiger partial charge in [0.2, 0.25) is 21.8 Å². The molecule has 0 aliphatic heterocycles. The lowest BCUT2D eigenvalue weighted by atomic mass is 10.1. The second-order valence-corrected chi connectivity index (χ2v) is 11.0. The number of anilines is 1. The van der Waals surface area contributed by atoms with Crippen LogP contribution >= 0.6 is 23.2 Å². The number of rotatable bonds is 11. The number of amides is 2. The summed E-state index contributed by atoms with van der Waals surface area (Å²) < 4.78 is 25.9. The van der Waals surface area contributed by atoms with Crippen LogP contribution in [0.25, 0.3) is 0 Å². The van der Waals surface area contributed by atoms with E-state index in [9.17, 15) is 28.1 Å². The first kappa shape index (κ1) is 29.3. The van der Waals surface area contributed by atoms with Crippen LogP contribution in [0.15, 0.2) is 42.5 Å². The average molecular weight is 559 g/mol. The summed E-state index contributed by atoms with van der Waals surface area (Å²) in [4.78, 5) is 38.2. The van der Waals surface area contributed by atoms with Gasteiger partial charge in [0.1, 0.15) is 12.6 Å². The molecule has 1 N–H and O–H groups in total. The highest BCUT2D eigenvalue weighted by Gasteiger charge is 2.31. The highest BCUT2D eigenvalue weighted by molar-refractivity contribution is 7.92. The van der Waals surface area contributed by atoms with Crippen molar-refractivity contribution in [3.05, 3.63) is 68.2 Å². The monoisotopic (exact) mass is 558 g/mol. The zero-order valence-corrected chi connectivity index (χ0v) is 22.6. The number of nitrogens with zero attached hydrogens (tertiary/aromatic N) is 3. The summed E-state index contributed by atoms with van der Waals surface area (Å²) in [5.74, 6) is -1.17. The van der Waals surface area contributed by atoms with Crippen LogP contribution in [0.4, 0.5) is 11.4 Å². The summed E-state index contributed by atoms with van der Waals surface area (Å²) in [6, 6.07) is 8.57. The molecule has 0 spiro atoms. The molecular weight excluding hydrogens is 531 g/mol. The molecule has 10 nitrogen and oxygen atoms in total. The zero-order valence-electron chi connectivity index (χ0n) is 20.3. The number of nitro groups is 1. The van der Waals surface area contributed by atoms with Gasteiger partial charge in [-0.2, -0.15) is 0 Å². The Kier molecular flexibility index (Phi) is 10.1. The lowest BCUT2D eigenvalue weighted by Gasteiger charge is -2.32. The third kappa shape index (κ3) is 7.55. The minimum Gasteiger partial charge on any atom is -0.352 e. The van der Waals surface area contributed by atoms with E-state index in [1.165, 1.54) is 30.0 Å². The highest BCUT2D eigenvalue weighted by atomic mass is 35.5. The van der Waals surface area contributed by atoms with Crippen molar-refractivity contribution in [3.8, 4) is 0 Å². The fourth-order valence-corrected chi connectivity index (χ4v) is 4.64. The quantitative estimate of drug-likeness (QED) is 0.327. The second-order valence-electron chi connectivity index (χ2n) is 8.26. The standard InChI is InChI=1S/C23H28Cl2N4O6S/c1-5-15(2)26-23(31)16(3)27(13-19-20(24)10-7-11-21(19)25)22(30)14-28(36(4,34)35)17-8-6-9-18(12-17)29(32)33/h6-12,15-16H,5,13-14H2,1-4H3,(H,26,31)/t15-,16-/m0/s1. The minimum absolute atomic E-state index is 0.0625. The van der Waals surface area contributed by atoms with E-state index in [1.54, 1.807) is 18.2 Å². The van der Waals surface area contributed by atoms with Crippen LogP contribution in [0, 0.1) is 10.1 Å². The molecule has 0 aliphatic rings. The van der Waals surface area contributed by atoms with E-state index in [0.717, 1.165) is 16.6 Å². The SMILES string of the molecule is CC[C@H](C)NC(=O)[C@H](C)N(Cc1c(Cl)cccc1Cl)C(=O)CN(c1cccc([N+](=O)[O-])c1)S(C)(=O)=O. The van der Waals surface area contributed by atoms with Gasteiger partial charge in [-0.25, -0.2) is 8.42 Å². The molecule has 0 bridgehead atoms. The molecule has 2 amide bonds. The number of sulfonamides is 1. The first-order valence-corrected chi connectivity index (χ1v) is 13.6. The number of halogens is 2. The number of hydrogen-bond donors (Lipinski definition) is 1. The largest absolute Gasteiger partial charge is 0.352 e. The van der Waals surface area contributed by atoms with Gasteiger partial charge in [0, 0.05) is 40.3 Å². The third-order valence-corrected chi connectivity index (χ3v) is 7.42. The normalized spacial score (nSPS) is 12.9. The maximum atomic E-state index is 13.5. The predicted octanol–water partition coefficient (Wildman–Crippen LogP) is 4.00. The van der Waals surface area contributed by atoms with Gasteiger partial charge in [-0.1, -0.05) is 42.3 Å². The van der Waals surface area contributed by atoms with Gasteiger partial charge < -0.3 is 10.2 Å². The smallest absolute Gasteiger partial charge is 0.271 e. The van der Waals surface area contributed by atoms with Gasteiger partial charge in [0.15, 0.2) is 0 Å². The summed E-state index contributed by atoms with van der Waals surface area (Å²) in [6.07, 6.45) is 1.55. The van der Waals surface area contributed by atoms with Crippen LogP contribution < -0.4 is 9.62 Å². The molecule has 0 radical (unpaired) electrons. The predicted molar refractivity (Wildman–Crippen MR) is 140 cm³/mol. The summed E-state index contributed by atoms with van der Waals surface area (Å²) in [7, 11) is -4.04. The maximum Gasteiger partial charge on any atom is 0.271 e. The molecule has 0 saturated carbocycles. The molecule has 13 heteroatoms. The fraction of sp³-hybridized carbons (Fsp3) is 0.391. The first-order chi connectivity index (χ1) is 16.8. The Morgan fingerprint density at radius 3 is 2.22 bits per heavy atom. The molecule has 0 aliphatic carbocycles. The van der Waals surface area contributed by atoms with Crippen LogP contribution in [0.5, 0.6) is 0 Å². The number of nitrogens with one attached hydrogen (secondary N) is 1. The van der Waals surface area contributed by atoms with Gasteiger partial charge in [-0.3, -0.25) is 24.0 Å². The molecule has 196 valence electrons. The van der Waals surface area contributed by atoms with E-state index in [-0.39, 0.29) is 34.0 Å². The summed E-state index contributed by atoms with van der Waals surface area (Å²) in [5.41, 5.74) is -0.0132.